The van der Waals surface area contributed by atoms with Crippen LogP contribution in [0.15, 0.2) is 0 Å². The maximum atomic E-state index is 12.8. The van der Waals surface area contributed by atoms with Crippen LogP contribution in [0, 0.1) is 0 Å². The normalized spacial score (nSPS) is 12.5. The first-order valence-electron chi connectivity index (χ1n) is 7.31. The van der Waals surface area contributed by atoms with Gasteiger partial charge in [-0.2, -0.15) is 17.6 Å². The van der Waals surface area contributed by atoms with Gasteiger partial charge in [0.25, 0.3) is 0 Å². The Morgan fingerprint density at radius 3 is 2.05 bits per heavy atom. The fourth-order valence-corrected chi connectivity index (χ4v) is 1.93. The summed E-state index contributed by atoms with van der Waals surface area (Å²) < 4.78 is 55.1. The molecule has 2 nitrogen and oxygen atoms in total. The van der Waals surface area contributed by atoms with Crippen LogP contribution in [-0.2, 0) is 9.53 Å². The van der Waals surface area contributed by atoms with Crippen molar-refractivity contribution in [2.45, 2.75) is 75.5 Å². The van der Waals surface area contributed by atoms with Gasteiger partial charge in [0.2, 0.25) is 0 Å². The van der Waals surface area contributed by atoms with Gasteiger partial charge in [0.15, 0.2) is 0 Å². The Balaban J connectivity index is 3.60. The number of hydrogen-bond donors (Lipinski definition) is 0. The van der Waals surface area contributed by atoms with E-state index in [9.17, 15) is 22.4 Å². The van der Waals surface area contributed by atoms with Gasteiger partial charge in [-0.15, -0.1) is 0 Å². The highest BCUT2D eigenvalue weighted by molar-refractivity contribution is 9.10. The topological polar surface area (TPSA) is 26.3 Å². The van der Waals surface area contributed by atoms with E-state index in [4.69, 9.17) is 0 Å². The summed E-state index contributed by atoms with van der Waals surface area (Å²) in [7, 11) is 0. The van der Waals surface area contributed by atoms with Gasteiger partial charge in [-0.05, 0) is 22.4 Å². The summed E-state index contributed by atoms with van der Waals surface area (Å²) in [5.41, 5.74) is 0. The Morgan fingerprint density at radius 1 is 1.00 bits per heavy atom. The van der Waals surface area contributed by atoms with Crippen LogP contribution in [0.25, 0.3) is 0 Å². The largest absolute Gasteiger partial charge is 0.465 e. The van der Waals surface area contributed by atoms with Crippen LogP contribution < -0.4 is 0 Å². The van der Waals surface area contributed by atoms with Crippen molar-refractivity contribution in [2.24, 2.45) is 0 Å². The number of rotatable bonds is 12. The average Bonchev–Trinajstić information content (AvgIpc) is 2.36. The Hall–Kier alpha value is -0.330. The minimum Gasteiger partial charge on any atom is -0.465 e. The molecule has 21 heavy (non-hydrogen) atoms. The first kappa shape index (κ1) is 20.7. The van der Waals surface area contributed by atoms with Crippen molar-refractivity contribution in [3.8, 4) is 0 Å². The van der Waals surface area contributed by atoms with Crippen molar-refractivity contribution in [1.29, 1.82) is 0 Å². The average molecular weight is 379 g/mol. The number of esters is 1. The van der Waals surface area contributed by atoms with Gasteiger partial charge in [0.1, 0.15) is 0 Å². The predicted molar refractivity (Wildman–Crippen MR) is 77.0 cm³/mol. The molecule has 0 aliphatic rings. The third kappa shape index (κ3) is 10.1. The van der Waals surface area contributed by atoms with Gasteiger partial charge in [-0.25, -0.2) is 0 Å². The van der Waals surface area contributed by atoms with E-state index in [1.54, 1.807) is 15.9 Å². The lowest BCUT2D eigenvalue weighted by molar-refractivity contribution is -0.165. The van der Waals surface area contributed by atoms with Gasteiger partial charge >= 0.3 is 16.7 Å². The van der Waals surface area contributed by atoms with E-state index in [0.29, 0.717) is 6.42 Å². The SMILES string of the molecule is CCCCCCCCCC(=O)OCCC(F)(F)C(F)(F)Br. The van der Waals surface area contributed by atoms with E-state index >= 15 is 0 Å². The molecule has 0 rings (SSSR count). The van der Waals surface area contributed by atoms with E-state index < -0.39 is 29.8 Å². The van der Waals surface area contributed by atoms with Gasteiger partial charge < -0.3 is 4.74 Å². The molecular formula is C14H23BrF4O2. The molecule has 0 saturated carbocycles. The molecule has 0 saturated heterocycles. The molecule has 0 bridgehead atoms. The lowest BCUT2D eigenvalue weighted by atomic mass is 10.1. The predicted octanol–water partition coefficient (Wildman–Crippen LogP) is 5.68. The molecule has 0 fully saturated rings. The van der Waals surface area contributed by atoms with Gasteiger partial charge in [0.05, 0.1) is 13.0 Å². The second-order valence-electron chi connectivity index (χ2n) is 5.04. The highest BCUT2D eigenvalue weighted by Crippen LogP contribution is 2.41. The number of carbonyl (C=O) groups excluding carboxylic acids is 1. The highest BCUT2D eigenvalue weighted by atomic mass is 79.9. The lowest BCUT2D eigenvalue weighted by Gasteiger charge is -2.20. The second-order valence-corrected chi connectivity index (χ2v) is 6.04. The first-order valence-corrected chi connectivity index (χ1v) is 8.10. The molecule has 0 radical (unpaired) electrons. The van der Waals surface area contributed by atoms with Crippen molar-refractivity contribution >= 4 is 21.9 Å². The van der Waals surface area contributed by atoms with Crippen LogP contribution in [-0.4, -0.2) is 23.3 Å². The molecule has 0 aromatic heterocycles. The van der Waals surface area contributed by atoms with Crippen LogP contribution in [0.5, 0.6) is 0 Å². The molecule has 0 unspecified atom stereocenters. The summed E-state index contributed by atoms with van der Waals surface area (Å²) in [6.07, 6.45) is 6.16. The standard InChI is InChI=1S/C14H23BrF4O2/c1-2-3-4-5-6-7-8-9-12(20)21-11-10-13(16,17)14(15,18)19/h2-11H2,1H3. The van der Waals surface area contributed by atoms with E-state index in [2.05, 4.69) is 11.7 Å². The van der Waals surface area contributed by atoms with Crippen LogP contribution in [0.3, 0.4) is 0 Å². The number of halogens is 5. The molecule has 0 heterocycles. The molecule has 0 aromatic carbocycles. The summed E-state index contributed by atoms with van der Waals surface area (Å²) in [6, 6.07) is 0. The van der Waals surface area contributed by atoms with Gasteiger partial charge in [0, 0.05) is 6.42 Å². The molecule has 7 heteroatoms. The number of unbranched alkanes of at least 4 members (excludes halogenated alkanes) is 6. The van der Waals surface area contributed by atoms with Crippen molar-refractivity contribution in [2.75, 3.05) is 6.61 Å². The lowest BCUT2D eigenvalue weighted by Crippen LogP contribution is -2.36. The third-order valence-electron chi connectivity index (χ3n) is 3.08. The second kappa shape index (κ2) is 10.4. The summed E-state index contributed by atoms with van der Waals surface area (Å²) in [6.45, 7) is 1.43. The van der Waals surface area contributed by atoms with E-state index in [1.165, 1.54) is 19.3 Å². The van der Waals surface area contributed by atoms with Crippen molar-refractivity contribution in [1.82, 2.24) is 0 Å². The summed E-state index contributed by atoms with van der Waals surface area (Å²) in [5, 5.41) is 0. The monoisotopic (exact) mass is 378 g/mol. The maximum Gasteiger partial charge on any atom is 0.363 e. The van der Waals surface area contributed by atoms with Crippen molar-refractivity contribution in [3.05, 3.63) is 0 Å². The highest BCUT2D eigenvalue weighted by Gasteiger charge is 2.53. The zero-order valence-electron chi connectivity index (χ0n) is 12.3. The van der Waals surface area contributed by atoms with Crippen LogP contribution >= 0.6 is 15.9 Å². The zero-order chi connectivity index (χ0) is 16.4. The number of ether oxygens (including phenoxy) is 1. The van der Waals surface area contributed by atoms with Gasteiger partial charge in [-0.1, -0.05) is 45.4 Å². The van der Waals surface area contributed by atoms with Crippen LogP contribution in [0.1, 0.15) is 64.7 Å². The van der Waals surface area contributed by atoms with E-state index in [1.807, 2.05) is 0 Å². The maximum absolute atomic E-state index is 12.8. The summed E-state index contributed by atoms with van der Waals surface area (Å²) in [4.78, 5) is 6.96. The molecule has 0 N–H and O–H groups in total. The number of hydrogen-bond acceptors (Lipinski definition) is 2. The quantitative estimate of drug-likeness (QED) is 0.189. The van der Waals surface area contributed by atoms with E-state index in [0.717, 1.165) is 19.3 Å². The summed E-state index contributed by atoms with van der Waals surface area (Å²) in [5.74, 6) is -4.84. The molecule has 0 spiro atoms. The Labute approximate surface area is 131 Å². The van der Waals surface area contributed by atoms with E-state index in [-0.39, 0.29) is 6.42 Å². The Bertz CT molecular complexity index is 293. The fraction of sp³-hybridized carbons (Fsp3) is 0.929. The molecule has 126 valence electrons. The molecule has 0 aliphatic carbocycles. The Morgan fingerprint density at radius 2 is 1.52 bits per heavy atom. The molecule has 0 aromatic rings. The van der Waals surface area contributed by atoms with Crippen LogP contribution in [0.4, 0.5) is 17.6 Å². The molecular weight excluding hydrogens is 356 g/mol. The minimum absolute atomic E-state index is 0.143. The Kier molecular flexibility index (Phi) is 10.2. The minimum atomic E-state index is -4.29. The molecule has 0 aliphatic heterocycles. The fourth-order valence-electron chi connectivity index (χ4n) is 1.73. The number of alkyl halides is 5. The smallest absolute Gasteiger partial charge is 0.363 e. The number of carbonyl (C=O) groups is 1. The van der Waals surface area contributed by atoms with Gasteiger partial charge in [-0.3, -0.25) is 4.79 Å². The van der Waals surface area contributed by atoms with Crippen molar-refractivity contribution in [3.63, 3.8) is 0 Å². The van der Waals surface area contributed by atoms with Crippen LogP contribution in [0.2, 0.25) is 0 Å². The van der Waals surface area contributed by atoms with Crippen molar-refractivity contribution < 1.29 is 27.1 Å². The first-order chi connectivity index (χ1) is 9.70. The molecule has 0 amide bonds. The third-order valence-corrected chi connectivity index (χ3v) is 3.66. The zero-order valence-corrected chi connectivity index (χ0v) is 13.9. The summed E-state index contributed by atoms with van der Waals surface area (Å²) >= 11 is 1.62. The molecule has 0 atom stereocenters.